The topological polar surface area (TPSA) is 55.2 Å². The van der Waals surface area contributed by atoms with Crippen LogP contribution in [0.1, 0.15) is 5.69 Å². The second-order valence-corrected chi connectivity index (χ2v) is 4.52. The van der Waals surface area contributed by atoms with Crippen LogP contribution in [-0.4, -0.2) is 15.3 Å². The molecule has 17 heavy (non-hydrogen) atoms. The van der Waals surface area contributed by atoms with E-state index in [1.54, 1.807) is 24.3 Å². The standard InChI is InChI=1S/C11H8BrClN2O2/c12-7-1-3-9(13)10(5-7)17-11-4-2-8(6-16)14-15-11/h1-5,16H,6H2. The Kier molecular flexibility index (Phi) is 3.93. The predicted molar refractivity (Wildman–Crippen MR) is 67.2 cm³/mol. The number of hydrogen-bond donors (Lipinski definition) is 1. The maximum atomic E-state index is 8.83. The van der Waals surface area contributed by atoms with Gasteiger partial charge in [-0.15, -0.1) is 10.2 Å². The fraction of sp³-hybridized carbons (Fsp3) is 0.0909. The van der Waals surface area contributed by atoms with Gasteiger partial charge >= 0.3 is 0 Å². The minimum absolute atomic E-state index is 0.148. The Morgan fingerprint density at radius 3 is 2.71 bits per heavy atom. The van der Waals surface area contributed by atoms with Crippen molar-refractivity contribution in [2.24, 2.45) is 0 Å². The van der Waals surface area contributed by atoms with Crippen LogP contribution in [0.5, 0.6) is 11.6 Å². The molecule has 0 aliphatic heterocycles. The second kappa shape index (κ2) is 5.44. The van der Waals surface area contributed by atoms with E-state index in [4.69, 9.17) is 21.4 Å². The van der Waals surface area contributed by atoms with Crippen LogP contribution in [0.3, 0.4) is 0 Å². The summed E-state index contributed by atoms with van der Waals surface area (Å²) in [6.07, 6.45) is 0. The van der Waals surface area contributed by atoms with Gasteiger partial charge in [-0.05, 0) is 24.3 Å². The average molecular weight is 316 g/mol. The number of aliphatic hydroxyl groups is 1. The first-order chi connectivity index (χ1) is 8.19. The molecule has 0 bridgehead atoms. The summed E-state index contributed by atoms with van der Waals surface area (Å²) in [5.41, 5.74) is 0.484. The molecule has 1 N–H and O–H groups in total. The number of aliphatic hydroxyl groups excluding tert-OH is 1. The summed E-state index contributed by atoms with van der Waals surface area (Å²) in [7, 11) is 0. The van der Waals surface area contributed by atoms with Gasteiger partial charge in [-0.2, -0.15) is 0 Å². The SMILES string of the molecule is OCc1ccc(Oc2cc(Br)ccc2Cl)nn1. The quantitative estimate of drug-likeness (QED) is 0.945. The van der Waals surface area contributed by atoms with Gasteiger partial charge in [0, 0.05) is 10.5 Å². The van der Waals surface area contributed by atoms with Gasteiger partial charge in [0.05, 0.1) is 17.3 Å². The summed E-state index contributed by atoms with van der Waals surface area (Å²) >= 11 is 9.30. The van der Waals surface area contributed by atoms with Gasteiger partial charge < -0.3 is 9.84 Å². The molecule has 1 heterocycles. The van der Waals surface area contributed by atoms with E-state index in [9.17, 15) is 0 Å². The second-order valence-electron chi connectivity index (χ2n) is 3.20. The first kappa shape index (κ1) is 12.3. The molecule has 0 radical (unpaired) electrons. The summed E-state index contributed by atoms with van der Waals surface area (Å²) in [6.45, 7) is -0.148. The Labute approximate surface area is 111 Å². The monoisotopic (exact) mass is 314 g/mol. The minimum Gasteiger partial charge on any atom is -0.436 e. The molecule has 0 saturated heterocycles. The highest BCUT2D eigenvalue weighted by molar-refractivity contribution is 9.10. The van der Waals surface area contributed by atoms with Gasteiger partial charge in [-0.1, -0.05) is 27.5 Å². The van der Waals surface area contributed by atoms with Crippen molar-refractivity contribution >= 4 is 27.5 Å². The Balaban J connectivity index is 2.22. The molecule has 0 amide bonds. The van der Waals surface area contributed by atoms with E-state index in [0.717, 1.165) is 4.47 Å². The number of ether oxygens (including phenoxy) is 1. The lowest BCUT2D eigenvalue weighted by molar-refractivity contribution is 0.274. The molecule has 0 spiro atoms. The lowest BCUT2D eigenvalue weighted by atomic mass is 10.3. The molecule has 4 nitrogen and oxygen atoms in total. The summed E-state index contributed by atoms with van der Waals surface area (Å²) in [5.74, 6) is 0.814. The van der Waals surface area contributed by atoms with Crippen LogP contribution in [0.4, 0.5) is 0 Å². The van der Waals surface area contributed by atoms with Crippen molar-refractivity contribution < 1.29 is 9.84 Å². The fourth-order valence-electron chi connectivity index (χ4n) is 1.15. The van der Waals surface area contributed by atoms with E-state index in [-0.39, 0.29) is 6.61 Å². The van der Waals surface area contributed by atoms with Crippen LogP contribution >= 0.6 is 27.5 Å². The third-order valence-corrected chi connectivity index (χ3v) is 2.77. The summed E-state index contributed by atoms with van der Waals surface area (Å²) < 4.78 is 6.33. The third-order valence-electron chi connectivity index (χ3n) is 1.97. The Hall–Kier alpha value is -1.17. The molecule has 0 aliphatic rings. The van der Waals surface area contributed by atoms with Crippen molar-refractivity contribution in [1.29, 1.82) is 0 Å². The van der Waals surface area contributed by atoms with Gasteiger partial charge in [-0.25, -0.2) is 0 Å². The molecule has 0 saturated carbocycles. The van der Waals surface area contributed by atoms with E-state index in [2.05, 4.69) is 26.1 Å². The molecule has 0 unspecified atom stereocenters. The van der Waals surface area contributed by atoms with Crippen LogP contribution in [0.25, 0.3) is 0 Å². The van der Waals surface area contributed by atoms with E-state index < -0.39 is 0 Å². The average Bonchev–Trinajstić information content (AvgIpc) is 2.35. The number of hydrogen-bond acceptors (Lipinski definition) is 4. The molecule has 0 fully saturated rings. The number of rotatable bonds is 3. The molecule has 0 aliphatic carbocycles. The van der Waals surface area contributed by atoms with Crippen LogP contribution in [0.15, 0.2) is 34.8 Å². The zero-order valence-corrected chi connectivity index (χ0v) is 10.9. The maximum Gasteiger partial charge on any atom is 0.238 e. The highest BCUT2D eigenvalue weighted by Crippen LogP contribution is 2.30. The first-order valence-corrected chi connectivity index (χ1v) is 5.92. The lowest BCUT2D eigenvalue weighted by Crippen LogP contribution is -1.95. The van der Waals surface area contributed by atoms with Crippen molar-refractivity contribution in [3.05, 3.63) is 45.5 Å². The van der Waals surface area contributed by atoms with Crippen LogP contribution in [0.2, 0.25) is 5.02 Å². The molecular formula is C11H8BrClN2O2. The van der Waals surface area contributed by atoms with E-state index in [1.807, 2.05) is 6.07 Å². The minimum atomic E-state index is -0.148. The third kappa shape index (κ3) is 3.15. The Morgan fingerprint density at radius 1 is 1.24 bits per heavy atom. The fourth-order valence-corrected chi connectivity index (χ4v) is 1.65. The predicted octanol–water partition coefficient (Wildman–Crippen LogP) is 3.18. The first-order valence-electron chi connectivity index (χ1n) is 4.75. The van der Waals surface area contributed by atoms with Crippen LogP contribution < -0.4 is 4.74 Å². The van der Waals surface area contributed by atoms with Crippen molar-refractivity contribution in [3.63, 3.8) is 0 Å². The Morgan fingerprint density at radius 2 is 2.06 bits per heavy atom. The normalized spacial score (nSPS) is 10.3. The highest BCUT2D eigenvalue weighted by atomic mass is 79.9. The Bertz CT molecular complexity index is 519. The molecule has 1 aromatic carbocycles. The summed E-state index contributed by atoms with van der Waals surface area (Å²) in [6, 6.07) is 8.53. The zero-order valence-electron chi connectivity index (χ0n) is 8.60. The van der Waals surface area contributed by atoms with Crippen LogP contribution in [-0.2, 0) is 6.61 Å². The van der Waals surface area contributed by atoms with Gasteiger partial charge in [0.25, 0.3) is 0 Å². The summed E-state index contributed by atoms with van der Waals surface area (Å²) in [5, 5.41) is 16.9. The molecule has 6 heteroatoms. The molecule has 0 atom stereocenters. The molecule has 2 aromatic rings. The molecule has 88 valence electrons. The number of halogens is 2. The van der Waals surface area contributed by atoms with Crippen molar-refractivity contribution in [1.82, 2.24) is 10.2 Å². The molecule has 2 rings (SSSR count). The summed E-state index contributed by atoms with van der Waals surface area (Å²) in [4.78, 5) is 0. The lowest BCUT2D eigenvalue weighted by Gasteiger charge is -2.06. The van der Waals surface area contributed by atoms with E-state index >= 15 is 0 Å². The highest BCUT2D eigenvalue weighted by Gasteiger charge is 2.05. The molecule has 1 aromatic heterocycles. The van der Waals surface area contributed by atoms with E-state index in [0.29, 0.717) is 22.3 Å². The van der Waals surface area contributed by atoms with Gasteiger partial charge in [-0.3, -0.25) is 0 Å². The van der Waals surface area contributed by atoms with E-state index in [1.165, 1.54) is 0 Å². The van der Waals surface area contributed by atoms with Crippen LogP contribution in [0, 0.1) is 0 Å². The van der Waals surface area contributed by atoms with Crippen molar-refractivity contribution in [3.8, 4) is 11.6 Å². The van der Waals surface area contributed by atoms with Gasteiger partial charge in [0.1, 0.15) is 5.75 Å². The van der Waals surface area contributed by atoms with Gasteiger partial charge in [0.2, 0.25) is 5.88 Å². The smallest absolute Gasteiger partial charge is 0.238 e. The number of aromatic nitrogens is 2. The maximum absolute atomic E-state index is 8.83. The van der Waals surface area contributed by atoms with Gasteiger partial charge in [0.15, 0.2) is 0 Å². The van der Waals surface area contributed by atoms with Crippen molar-refractivity contribution in [2.45, 2.75) is 6.61 Å². The number of nitrogens with zero attached hydrogens (tertiary/aromatic N) is 2. The molecular weight excluding hydrogens is 307 g/mol. The number of benzene rings is 1. The largest absolute Gasteiger partial charge is 0.436 e. The van der Waals surface area contributed by atoms with Crippen molar-refractivity contribution in [2.75, 3.05) is 0 Å². The zero-order chi connectivity index (χ0) is 12.3.